The molecule has 2 heteroatoms. The highest BCUT2D eigenvalue weighted by Gasteiger charge is 2.07. The normalized spacial score (nSPS) is 12.6. The molecule has 0 amide bonds. The molecular formula is C15H25NO. The fraction of sp³-hybridized carbons (Fsp3) is 0.600. The molecule has 0 radical (unpaired) electrons. The Kier molecular flexibility index (Phi) is 7.69. The Balaban J connectivity index is 2.32. The Labute approximate surface area is 105 Å². The maximum absolute atomic E-state index is 5.38. The van der Waals surface area contributed by atoms with Crippen LogP contribution in [-0.4, -0.2) is 25.8 Å². The third-order valence-corrected chi connectivity index (χ3v) is 2.86. The molecule has 17 heavy (non-hydrogen) atoms. The molecule has 0 aliphatic heterocycles. The van der Waals surface area contributed by atoms with Gasteiger partial charge in [0.1, 0.15) is 0 Å². The van der Waals surface area contributed by atoms with Crippen LogP contribution in [0.15, 0.2) is 30.3 Å². The molecule has 0 spiro atoms. The Hall–Kier alpha value is -0.860. The molecule has 0 saturated carbocycles. The van der Waals surface area contributed by atoms with Gasteiger partial charge in [0, 0.05) is 19.3 Å². The largest absolute Gasteiger partial charge is 0.382 e. The highest BCUT2D eigenvalue weighted by atomic mass is 16.5. The molecule has 1 aromatic carbocycles. The van der Waals surface area contributed by atoms with Crippen molar-refractivity contribution in [3.63, 3.8) is 0 Å². The van der Waals surface area contributed by atoms with Gasteiger partial charge in [0.05, 0.1) is 0 Å². The average Bonchev–Trinajstić information content (AvgIpc) is 2.36. The molecule has 0 aliphatic carbocycles. The minimum Gasteiger partial charge on any atom is -0.382 e. The van der Waals surface area contributed by atoms with Crippen LogP contribution < -0.4 is 5.32 Å². The van der Waals surface area contributed by atoms with E-state index in [2.05, 4.69) is 42.6 Å². The van der Waals surface area contributed by atoms with Crippen molar-refractivity contribution in [3.8, 4) is 0 Å². The van der Waals surface area contributed by atoms with Gasteiger partial charge in [-0.05, 0) is 38.3 Å². The van der Waals surface area contributed by atoms with Crippen LogP contribution in [0.4, 0.5) is 0 Å². The van der Waals surface area contributed by atoms with Crippen LogP contribution in [-0.2, 0) is 11.2 Å². The molecule has 96 valence electrons. The maximum Gasteiger partial charge on any atom is 0.0466 e. The molecule has 2 nitrogen and oxygen atoms in total. The average molecular weight is 235 g/mol. The summed E-state index contributed by atoms with van der Waals surface area (Å²) in [6.07, 6.45) is 3.43. The zero-order chi connectivity index (χ0) is 12.3. The number of rotatable bonds is 9. The SMILES string of the molecule is CCNC(CCCOCC)Cc1ccccc1. The van der Waals surface area contributed by atoms with E-state index in [1.807, 2.05) is 6.92 Å². The van der Waals surface area contributed by atoms with E-state index >= 15 is 0 Å². The summed E-state index contributed by atoms with van der Waals surface area (Å²) in [6.45, 7) is 6.95. The number of benzene rings is 1. The zero-order valence-corrected chi connectivity index (χ0v) is 11.1. The second kappa shape index (κ2) is 9.20. The summed E-state index contributed by atoms with van der Waals surface area (Å²) in [6, 6.07) is 11.3. The van der Waals surface area contributed by atoms with Crippen molar-refractivity contribution in [1.82, 2.24) is 5.32 Å². The Morgan fingerprint density at radius 1 is 1.18 bits per heavy atom. The van der Waals surface area contributed by atoms with Crippen molar-refractivity contribution in [2.45, 2.75) is 39.2 Å². The van der Waals surface area contributed by atoms with Gasteiger partial charge >= 0.3 is 0 Å². The van der Waals surface area contributed by atoms with Gasteiger partial charge in [-0.3, -0.25) is 0 Å². The molecular weight excluding hydrogens is 210 g/mol. The molecule has 0 aromatic heterocycles. The Morgan fingerprint density at radius 3 is 2.59 bits per heavy atom. The lowest BCUT2D eigenvalue weighted by molar-refractivity contribution is 0.141. The van der Waals surface area contributed by atoms with Crippen LogP contribution in [0.5, 0.6) is 0 Å². The molecule has 1 aromatic rings. The van der Waals surface area contributed by atoms with Crippen LogP contribution >= 0.6 is 0 Å². The van der Waals surface area contributed by atoms with Crippen LogP contribution in [0.2, 0.25) is 0 Å². The van der Waals surface area contributed by atoms with Gasteiger partial charge in [0.25, 0.3) is 0 Å². The van der Waals surface area contributed by atoms with Gasteiger partial charge in [-0.15, -0.1) is 0 Å². The molecule has 1 rings (SSSR count). The minimum absolute atomic E-state index is 0.572. The fourth-order valence-corrected chi connectivity index (χ4v) is 2.04. The summed E-state index contributed by atoms with van der Waals surface area (Å²) in [5.41, 5.74) is 1.41. The number of hydrogen-bond acceptors (Lipinski definition) is 2. The van der Waals surface area contributed by atoms with Crippen molar-refractivity contribution < 1.29 is 4.74 Å². The predicted octanol–water partition coefficient (Wildman–Crippen LogP) is 3.02. The van der Waals surface area contributed by atoms with E-state index in [0.717, 1.165) is 32.6 Å². The van der Waals surface area contributed by atoms with Crippen molar-refractivity contribution >= 4 is 0 Å². The number of hydrogen-bond donors (Lipinski definition) is 1. The first-order valence-electron chi connectivity index (χ1n) is 6.71. The molecule has 1 atom stereocenters. The quantitative estimate of drug-likeness (QED) is 0.664. The van der Waals surface area contributed by atoms with E-state index in [-0.39, 0.29) is 0 Å². The first-order valence-corrected chi connectivity index (χ1v) is 6.71. The summed E-state index contributed by atoms with van der Waals surface area (Å²) >= 11 is 0. The Bertz CT molecular complexity index is 274. The van der Waals surface area contributed by atoms with E-state index in [9.17, 15) is 0 Å². The van der Waals surface area contributed by atoms with Crippen molar-refractivity contribution in [1.29, 1.82) is 0 Å². The molecule has 0 bridgehead atoms. The van der Waals surface area contributed by atoms with Crippen molar-refractivity contribution in [2.24, 2.45) is 0 Å². The maximum atomic E-state index is 5.38. The molecule has 0 heterocycles. The summed E-state index contributed by atoms with van der Waals surface area (Å²) in [5.74, 6) is 0. The van der Waals surface area contributed by atoms with E-state index in [1.165, 1.54) is 12.0 Å². The lowest BCUT2D eigenvalue weighted by atomic mass is 10.0. The van der Waals surface area contributed by atoms with Gasteiger partial charge < -0.3 is 10.1 Å². The summed E-state index contributed by atoms with van der Waals surface area (Å²) < 4.78 is 5.38. The standard InChI is InChI=1S/C15H25NO/c1-3-16-15(11-8-12-17-4-2)13-14-9-6-5-7-10-14/h5-7,9-10,15-16H,3-4,8,11-13H2,1-2H3. The third kappa shape index (κ3) is 6.44. The molecule has 0 aliphatic rings. The summed E-state index contributed by atoms with van der Waals surface area (Å²) in [4.78, 5) is 0. The smallest absolute Gasteiger partial charge is 0.0466 e. The first kappa shape index (κ1) is 14.2. The number of nitrogens with one attached hydrogen (secondary N) is 1. The first-order chi connectivity index (χ1) is 8.36. The van der Waals surface area contributed by atoms with Crippen LogP contribution in [0.1, 0.15) is 32.3 Å². The highest BCUT2D eigenvalue weighted by Crippen LogP contribution is 2.07. The van der Waals surface area contributed by atoms with Gasteiger partial charge in [0.15, 0.2) is 0 Å². The van der Waals surface area contributed by atoms with Crippen LogP contribution in [0.3, 0.4) is 0 Å². The van der Waals surface area contributed by atoms with Crippen LogP contribution in [0, 0.1) is 0 Å². The second-order valence-corrected chi connectivity index (χ2v) is 4.28. The topological polar surface area (TPSA) is 21.3 Å². The third-order valence-electron chi connectivity index (χ3n) is 2.86. The summed E-state index contributed by atoms with van der Waals surface area (Å²) in [7, 11) is 0. The summed E-state index contributed by atoms with van der Waals surface area (Å²) in [5, 5.41) is 3.55. The van der Waals surface area contributed by atoms with E-state index in [0.29, 0.717) is 6.04 Å². The minimum atomic E-state index is 0.572. The lowest BCUT2D eigenvalue weighted by Gasteiger charge is -2.17. The fourth-order valence-electron chi connectivity index (χ4n) is 2.04. The lowest BCUT2D eigenvalue weighted by Crippen LogP contribution is -2.31. The van der Waals surface area contributed by atoms with Crippen LogP contribution in [0.25, 0.3) is 0 Å². The van der Waals surface area contributed by atoms with Gasteiger partial charge in [-0.25, -0.2) is 0 Å². The molecule has 0 saturated heterocycles. The van der Waals surface area contributed by atoms with Gasteiger partial charge in [-0.1, -0.05) is 37.3 Å². The highest BCUT2D eigenvalue weighted by molar-refractivity contribution is 5.15. The molecule has 0 fully saturated rings. The van der Waals surface area contributed by atoms with E-state index in [4.69, 9.17) is 4.74 Å². The van der Waals surface area contributed by atoms with Gasteiger partial charge in [-0.2, -0.15) is 0 Å². The number of ether oxygens (including phenoxy) is 1. The molecule has 1 N–H and O–H groups in total. The van der Waals surface area contributed by atoms with Gasteiger partial charge in [0.2, 0.25) is 0 Å². The van der Waals surface area contributed by atoms with Crippen molar-refractivity contribution in [2.75, 3.05) is 19.8 Å². The van der Waals surface area contributed by atoms with E-state index < -0.39 is 0 Å². The van der Waals surface area contributed by atoms with Crippen molar-refractivity contribution in [3.05, 3.63) is 35.9 Å². The predicted molar refractivity (Wildman–Crippen MR) is 73.3 cm³/mol. The Morgan fingerprint density at radius 2 is 1.94 bits per heavy atom. The molecule has 1 unspecified atom stereocenters. The monoisotopic (exact) mass is 235 g/mol. The zero-order valence-electron chi connectivity index (χ0n) is 11.1. The van der Waals surface area contributed by atoms with E-state index in [1.54, 1.807) is 0 Å². The number of likely N-dealkylation sites (N-methyl/N-ethyl adjacent to an activating group) is 1. The second-order valence-electron chi connectivity index (χ2n) is 4.28.